The molecule has 346 valence electrons. The molecule has 3 heterocycles. The fourth-order valence-electron chi connectivity index (χ4n) is 11.5. The van der Waals surface area contributed by atoms with Crippen LogP contribution in [0.2, 0.25) is 0 Å². The number of hydrogen-bond acceptors (Lipinski definition) is 2. The Morgan fingerprint density at radius 1 is 0.347 bits per heavy atom. The quantitative estimate of drug-likeness (QED) is 0.160. The molecule has 0 amide bonds. The Balaban J connectivity index is 1.07. The van der Waals surface area contributed by atoms with Crippen molar-refractivity contribution < 1.29 is 0 Å². The maximum absolute atomic E-state index is 10.5. The molecule has 0 N–H and O–H groups in total. The molecule has 0 radical (unpaired) electrons. The van der Waals surface area contributed by atoms with Crippen molar-refractivity contribution in [1.82, 2.24) is 14.1 Å². The van der Waals surface area contributed by atoms with Crippen LogP contribution < -0.4 is 0 Å². The second kappa shape index (κ2) is 17.3. The maximum atomic E-state index is 10.5. The number of hydrogen-bond donors (Lipinski definition) is 0. The van der Waals surface area contributed by atoms with Crippen LogP contribution in [0.3, 0.4) is 0 Å². The summed E-state index contributed by atoms with van der Waals surface area (Å²) < 4.78 is 4.75. The van der Waals surface area contributed by atoms with E-state index in [2.05, 4.69) is 234 Å². The average Bonchev–Trinajstić information content (AvgIpc) is 3.87. The summed E-state index contributed by atoms with van der Waals surface area (Å²) in [6.07, 6.45) is 1.91. The van der Waals surface area contributed by atoms with E-state index in [4.69, 9.17) is 4.98 Å². The zero-order valence-electron chi connectivity index (χ0n) is 42.1. The van der Waals surface area contributed by atoms with E-state index < -0.39 is 0 Å². The molecule has 0 atom stereocenters. The Hall–Kier alpha value is -8.78. The Labute approximate surface area is 421 Å². The molecule has 0 fully saturated rings. The van der Waals surface area contributed by atoms with Crippen molar-refractivity contribution in [3.05, 3.63) is 232 Å². The number of aromatic nitrogens is 3. The SMILES string of the molecule is Cc1ccc(-c2ccc3c(c2)c2cc(-c4ccc(C)cc4C)ccc2n3-c2ccnc(-c3cc(C#N)ccc3-n3c4ccc(-c5ccc(C)cc5C)cc4c4cc(-c5ccc(C)cc5C)ccc43)c2)c(C)c1. The van der Waals surface area contributed by atoms with Gasteiger partial charge in [0.15, 0.2) is 0 Å². The maximum Gasteiger partial charge on any atom is 0.0991 e. The number of rotatable bonds is 7. The van der Waals surface area contributed by atoms with Crippen molar-refractivity contribution in [2.75, 3.05) is 0 Å². The van der Waals surface area contributed by atoms with Crippen molar-refractivity contribution >= 4 is 43.6 Å². The van der Waals surface area contributed by atoms with Gasteiger partial charge in [0, 0.05) is 39.0 Å². The first-order valence-corrected chi connectivity index (χ1v) is 24.9. The minimum atomic E-state index is 0.575. The standard InChI is InChI=1S/C68H54N4/c1-40-9-18-54(44(5)29-40)49-14-23-64-58(34-49)59-35-50(55-19-10-41(2)30-45(55)6)15-24-65(59)71(64)53-27-28-70-63(38-53)62-33-48(39-69)13-22-68(62)72-66-25-16-51(56-20-11-42(3)31-46(56)7)36-60(66)61-37-52(17-26-67(61)72)57-21-12-43(4)32-47(57)8/h9-38H,1-8H3. The summed E-state index contributed by atoms with van der Waals surface area (Å²) in [6.45, 7) is 17.4. The summed E-state index contributed by atoms with van der Waals surface area (Å²) in [5.41, 5.74) is 28.3. The minimum Gasteiger partial charge on any atom is -0.309 e. The lowest BCUT2D eigenvalue weighted by atomic mass is 9.95. The first kappa shape index (κ1) is 44.4. The van der Waals surface area contributed by atoms with E-state index in [0.717, 1.165) is 55.5 Å². The number of fused-ring (bicyclic) bond motifs is 6. The zero-order chi connectivity index (χ0) is 49.5. The molecular weight excluding hydrogens is 873 g/mol. The summed E-state index contributed by atoms with van der Waals surface area (Å²) >= 11 is 0. The number of nitrogens with zero attached hydrogens (tertiary/aromatic N) is 4. The monoisotopic (exact) mass is 926 g/mol. The van der Waals surface area contributed by atoms with Crippen LogP contribution in [0.1, 0.15) is 50.1 Å². The fourth-order valence-corrected chi connectivity index (χ4v) is 11.5. The molecule has 3 aromatic heterocycles. The van der Waals surface area contributed by atoms with E-state index in [1.165, 1.54) is 99.8 Å². The van der Waals surface area contributed by atoms with Crippen molar-refractivity contribution in [2.45, 2.75) is 55.4 Å². The zero-order valence-corrected chi connectivity index (χ0v) is 42.1. The Kier molecular flexibility index (Phi) is 10.7. The molecule has 12 rings (SSSR count). The van der Waals surface area contributed by atoms with Gasteiger partial charge in [-0.1, -0.05) is 119 Å². The van der Waals surface area contributed by atoms with Gasteiger partial charge in [-0.3, -0.25) is 4.98 Å². The average molecular weight is 927 g/mol. The predicted octanol–water partition coefficient (Wildman–Crippen LogP) is 17.9. The number of pyridine rings is 1. The summed E-state index contributed by atoms with van der Waals surface area (Å²) in [5, 5.41) is 15.2. The highest BCUT2D eigenvalue weighted by atomic mass is 15.0. The van der Waals surface area contributed by atoms with Crippen molar-refractivity contribution in [1.29, 1.82) is 5.26 Å². The second-order valence-corrected chi connectivity index (χ2v) is 20.1. The molecule has 9 aromatic carbocycles. The molecule has 4 heteroatoms. The first-order chi connectivity index (χ1) is 34.9. The van der Waals surface area contributed by atoms with Crippen molar-refractivity contribution in [2.24, 2.45) is 0 Å². The second-order valence-electron chi connectivity index (χ2n) is 20.1. The highest BCUT2D eigenvalue weighted by molar-refractivity contribution is 6.13. The summed E-state index contributed by atoms with van der Waals surface area (Å²) in [7, 11) is 0. The van der Waals surface area contributed by atoms with Gasteiger partial charge in [0.25, 0.3) is 0 Å². The van der Waals surface area contributed by atoms with Gasteiger partial charge in [0.1, 0.15) is 0 Å². The van der Waals surface area contributed by atoms with Gasteiger partial charge in [0.2, 0.25) is 0 Å². The molecule has 0 saturated heterocycles. The van der Waals surface area contributed by atoms with Crippen LogP contribution in [0.5, 0.6) is 0 Å². The van der Waals surface area contributed by atoms with Crippen LogP contribution in [0.15, 0.2) is 182 Å². The molecule has 0 aliphatic rings. The molecule has 12 aromatic rings. The lowest BCUT2D eigenvalue weighted by Crippen LogP contribution is -2.01. The fraction of sp³-hybridized carbons (Fsp3) is 0.118. The van der Waals surface area contributed by atoms with E-state index in [0.29, 0.717) is 5.56 Å². The van der Waals surface area contributed by atoms with Crippen LogP contribution >= 0.6 is 0 Å². The predicted molar refractivity (Wildman–Crippen MR) is 303 cm³/mol. The topological polar surface area (TPSA) is 46.5 Å². The Bertz CT molecular complexity index is 4050. The number of benzene rings is 9. The summed E-state index contributed by atoms with van der Waals surface area (Å²) in [5.74, 6) is 0. The van der Waals surface area contributed by atoms with Crippen LogP contribution in [0, 0.1) is 66.7 Å². The van der Waals surface area contributed by atoms with Crippen molar-refractivity contribution in [3.8, 4) is 73.2 Å². The van der Waals surface area contributed by atoms with Crippen LogP contribution in [-0.4, -0.2) is 14.1 Å². The van der Waals surface area contributed by atoms with E-state index in [1.807, 2.05) is 18.3 Å². The molecule has 72 heavy (non-hydrogen) atoms. The molecule has 0 aliphatic carbocycles. The highest BCUT2D eigenvalue weighted by Crippen LogP contribution is 2.43. The van der Waals surface area contributed by atoms with E-state index >= 15 is 0 Å². The van der Waals surface area contributed by atoms with E-state index in [1.54, 1.807) is 0 Å². The largest absolute Gasteiger partial charge is 0.309 e. The smallest absolute Gasteiger partial charge is 0.0991 e. The third kappa shape index (κ3) is 7.49. The van der Waals surface area contributed by atoms with Crippen LogP contribution in [0.4, 0.5) is 0 Å². The normalized spacial score (nSPS) is 11.6. The van der Waals surface area contributed by atoms with Crippen LogP contribution in [-0.2, 0) is 0 Å². The number of aryl methyl sites for hydroxylation is 8. The van der Waals surface area contributed by atoms with Gasteiger partial charge in [-0.05, 0) is 201 Å². The molecule has 0 unspecified atom stereocenters. The first-order valence-electron chi connectivity index (χ1n) is 24.9. The highest BCUT2D eigenvalue weighted by Gasteiger charge is 2.22. The number of nitriles is 1. The molecule has 0 aliphatic heterocycles. The van der Waals surface area contributed by atoms with Gasteiger partial charge in [-0.15, -0.1) is 0 Å². The minimum absolute atomic E-state index is 0.575. The summed E-state index contributed by atoms with van der Waals surface area (Å²) in [6, 6.07) is 67.2. The van der Waals surface area contributed by atoms with Crippen LogP contribution in [0.25, 0.3) is 111 Å². The Morgan fingerprint density at radius 2 is 0.722 bits per heavy atom. The Morgan fingerprint density at radius 3 is 1.08 bits per heavy atom. The van der Waals surface area contributed by atoms with Gasteiger partial charge in [-0.2, -0.15) is 5.26 Å². The lowest BCUT2D eigenvalue weighted by molar-refractivity contribution is 1.14. The van der Waals surface area contributed by atoms with Gasteiger partial charge in [0.05, 0.1) is 45.1 Å². The lowest BCUT2D eigenvalue weighted by Gasteiger charge is -2.16. The molecule has 0 bridgehead atoms. The van der Waals surface area contributed by atoms with Gasteiger partial charge in [-0.25, -0.2) is 0 Å². The van der Waals surface area contributed by atoms with E-state index in [-0.39, 0.29) is 0 Å². The third-order valence-electron chi connectivity index (χ3n) is 14.9. The summed E-state index contributed by atoms with van der Waals surface area (Å²) in [4.78, 5) is 5.13. The van der Waals surface area contributed by atoms with E-state index in [9.17, 15) is 5.26 Å². The third-order valence-corrected chi connectivity index (χ3v) is 14.9. The molecular formula is C68H54N4. The molecule has 0 spiro atoms. The van der Waals surface area contributed by atoms with Gasteiger partial charge >= 0.3 is 0 Å². The van der Waals surface area contributed by atoms with Crippen molar-refractivity contribution in [3.63, 3.8) is 0 Å². The van der Waals surface area contributed by atoms with Gasteiger partial charge < -0.3 is 9.13 Å². The molecule has 4 nitrogen and oxygen atoms in total. The molecule has 0 saturated carbocycles.